The molecule has 174 valence electrons. The van der Waals surface area contributed by atoms with E-state index in [1.807, 2.05) is 0 Å². The van der Waals surface area contributed by atoms with E-state index in [0.717, 1.165) is 12.8 Å². The highest BCUT2D eigenvalue weighted by molar-refractivity contribution is 7.80. The Kier molecular flexibility index (Phi) is 6.37. The molecule has 1 N–H and O–H groups in total. The number of hydrogen-bond acceptors (Lipinski definition) is 5. The van der Waals surface area contributed by atoms with Crippen molar-refractivity contribution in [2.24, 2.45) is 46.3 Å². The zero-order valence-electron chi connectivity index (χ0n) is 19.0. The van der Waals surface area contributed by atoms with E-state index in [4.69, 9.17) is 0 Å². The maximum absolute atomic E-state index is 11.3. The molecule has 0 spiro atoms. The van der Waals surface area contributed by atoms with Gasteiger partial charge in [-0.25, -0.2) is 8.42 Å². The van der Waals surface area contributed by atoms with Crippen LogP contribution in [0.4, 0.5) is 0 Å². The Morgan fingerprint density at radius 3 is 2.53 bits per heavy atom. The molecule has 4 fully saturated rings. The van der Waals surface area contributed by atoms with Crippen molar-refractivity contribution in [2.75, 3.05) is 6.61 Å². The fraction of sp³-hybridized carbons (Fsp3) is 1.00. The van der Waals surface area contributed by atoms with Crippen molar-refractivity contribution in [3.63, 3.8) is 0 Å². The van der Waals surface area contributed by atoms with Crippen LogP contribution >= 0.6 is 0 Å². The second-order valence-corrected chi connectivity index (χ2v) is 12.7. The lowest BCUT2D eigenvalue weighted by atomic mass is 9.44. The van der Waals surface area contributed by atoms with Gasteiger partial charge in [-0.2, -0.15) is 0 Å². The average molecular weight is 442 g/mol. The number of rotatable bonds is 6. The summed E-state index contributed by atoms with van der Waals surface area (Å²) in [4.78, 5) is 0. The first kappa shape index (κ1) is 23.0. The molecular weight excluding hydrogens is 400 g/mol. The SMILES string of the molecule is C[C@H](CCCOS(=O)(=O)[O-])[C@H]1CC[C@H]2[C@@H]3[C@H](O)C[C@@H]4CCCC[C@]4(C)[C@H]3CC[C@]12C. The van der Waals surface area contributed by atoms with Crippen LogP contribution in [0.5, 0.6) is 0 Å². The summed E-state index contributed by atoms with van der Waals surface area (Å²) in [6.45, 7) is 7.29. The van der Waals surface area contributed by atoms with E-state index < -0.39 is 10.4 Å². The molecule has 30 heavy (non-hydrogen) atoms. The molecule has 0 radical (unpaired) electrons. The van der Waals surface area contributed by atoms with Crippen LogP contribution in [0.2, 0.25) is 0 Å². The predicted molar refractivity (Wildman–Crippen MR) is 115 cm³/mol. The summed E-state index contributed by atoms with van der Waals surface area (Å²) >= 11 is 0. The summed E-state index contributed by atoms with van der Waals surface area (Å²) in [5, 5.41) is 11.3. The van der Waals surface area contributed by atoms with Gasteiger partial charge in [0.05, 0.1) is 12.7 Å². The Hall–Kier alpha value is -0.170. The van der Waals surface area contributed by atoms with Crippen LogP contribution < -0.4 is 0 Å². The maximum Gasteiger partial charge on any atom is 0.217 e. The first-order valence-corrected chi connectivity index (χ1v) is 13.7. The Balaban J connectivity index is 1.45. The minimum atomic E-state index is -4.59. The van der Waals surface area contributed by atoms with Crippen LogP contribution in [-0.2, 0) is 14.6 Å². The van der Waals surface area contributed by atoms with E-state index in [0.29, 0.717) is 47.3 Å². The van der Waals surface area contributed by atoms with Crippen molar-refractivity contribution >= 4 is 10.4 Å². The first-order valence-electron chi connectivity index (χ1n) is 12.3. The van der Waals surface area contributed by atoms with Crippen molar-refractivity contribution in [1.29, 1.82) is 0 Å². The topological polar surface area (TPSA) is 86.7 Å². The van der Waals surface area contributed by atoms with Crippen molar-refractivity contribution < 1.29 is 22.3 Å². The highest BCUT2D eigenvalue weighted by atomic mass is 32.3. The van der Waals surface area contributed by atoms with E-state index in [2.05, 4.69) is 25.0 Å². The van der Waals surface area contributed by atoms with E-state index in [-0.39, 0.29) is 18.1 Å². The second-order valence-electron chi connectivity index (χ2n) is 11.6. The van der Waals surface area contributed by atoms with Crippen molar-refractivity contribution in [3.05, 3.63) is 0 Å². The quantitative estimate of drug-likeness (QED) is 0.360. The highest BCUT2D eigenvalue weighted by Gasteiger charge is 2.62. The lowest BCUT2D eigenvalue weighted by Crippen LogP contribution is -2.57. The molecule has 4 rings (SSSR count). The number of fused-ring (bicyclic) bond motifs is 5. The van der Waals surface area contributed by atoms with Gasteiger partial charge in [0.25, 0.3) is 0 Å². The van der Waals surface area contributed by atoms with Gasteiger partial charge < -0.3 is 9.66 Å². The number of hydrogen-bond donors (Lipinski definition) is 1. The molecule has 0 aromatic heterocycles. The van der Waals surface area contributed by atoms with Crippen LogP contribution in [0, 0.1) is 46.3 Å². The summed E-state index contributed by atoms with van der Waals surface area (Å²) < 4.78 is 36.4. The molecular formula is C24H41O5S-. The normalized spacial score (nSPS) is 47.2. The van der Waals surface area contributed by atoms with Gasteiger partial charge >= 0.3 is 0 Å². The summed E-state index contributed by atoms with van der Waals surface area (Å²) in [6, 6.07) is 0. The molecule has 0 saturated heterocycles. The molecule has 9 atom stereocenters. The summed E-state index contributed by atoms with van der Waals surface area (Å²) in [7, 11) is -4.59. The van der Waals surface area contributed by atoms with Crippen LogP contribution in [0.1, 0.15) is 91.4 Å². The van der Waals surface area contributed by atoms with Gasteiger partial charge in [-0.15, -0.1) is 0 Å². The Labute approximate surface area is 183 Å². The fourth-order valence-electron chi connectivity index (χ4n) is 9.00. The predicted octanol–water partition coefficient (Wildman–Crippen LogP) is 4.90. The van der Waals surface area contributed by atoms with Gasteiger partial charge in [0.2, 0.25) is 10.4 Å². The van der Waals surface area contributed by atoms with Gasteiger partial charge in [-0.1, -0.05) is 33.6 Å². The molecule has 0 aromatic carbocycles. The zero-order valence-corrected chi connectivity index (χ0v) is 19.8. The van der Waals surface area contributed by atoms with Crippen LogP contribution in [0.25, 0.3) is 0 Å². The highest BCUT2D eigenvalue weighted by Crippen LogP contribution is 2.68. The molecule has 4 saturated carbocycles. The maximum atomic E-state index is 11.3. The molecule has 4 aliphatic carbocycles. The van der Waals surface area contributed by atoms with Crippen molar-refractivity contribution in [3.8, 4) is 0 Å². The largest absolute Gasteiger partial charge is 0.726 e. The number of aliphatic hydroxyl groups is 1. The molecule has 6 heteroatoms. The van der Waals surface area contributed by atoms with E-state index in [1.165, 1.54) is 51.4 Å². The molecule has 4 aliphatic rings. The lowest BCUT2D eigenvalue weighted by molar-refractivity contribution is -0.164. The minimum absolute atomic E-state index is 0.00775. The first-order chi connectivity index (χ1) is 14.1. The van der Waals surface area contributed by atoms with Crippen LogP contribution in [0.15, 0.2) is 0 Å². The monoisotopic (exact) mass is 441 g/mol. The third-order valence-corrected chi connectivity index (χ3v) is 10.8. The summed E-state index contributed by atoms with van der Waals surface area (Å²) in [5.74, 6) is 3.53. The summed E-state index contributed by atoms with van der Waals surface area (Å²) in [6.07, 6.45) is 12.6. The van der Waals surface area contributed by atoms with Gasteiger partial charge in [-0.05, 0) is 104 Å². The molecule has 0 unspecified atom stereocenters. The van der Waals surface area contributed by atoms with Gasteiger partial charge in [0.15, 0.2) is 0 Å². The van der Waals surface area contributed by atoms with E-state index >= 15 is 0 Å². The Morgan fingerprint density at radius 2 is 1.80 bits per heavy atom. The average Bonchev–Trinajstić information content (AvgIpc) is 3.02. The van der Waals surface area contributed by atoms with Gasteiger partial charge in [0, 0.05) is 0 Å². The van der Waals surface area contributed by atoms with Crippen LogP contribution in [-0.4, -0.2) is 30.8 Å². The minimum Gasteiger partial charge on any atom is -0.726 e. The smallest absolute Gasteiger partial charge is 0.217 e. The summed E-state index contributed by atoms with van der Waals surface area (Å²) in [5.41, 5.74) is 0.694. The van der Waals surface area contributed by atoms with E-state index in [1.54, 1.807) is 0 Å². The number of aliphatic hydroxyl groups excluding tert-OH is 1. The molecule has 0 aromatic rings. The standard InChI is InChI=1S/C24H42O5S/c1-16(7-6-14-29-30(26,27)28)18-9-10-19-22-20(11-13-24(18,19)3)23(2)12-5-4-8-17(23)15-21(22)25/h16-22,25H,4-15H2,1-3H3,(H,26,27,28)/p-1/t16-,17+,18-,19+,20+,21-,22+,23+,24-/m1/s1. The molecule has 5 nitrogen and oxygen atoms in total. The zero-order chi connectivity index (χ0) is 21.7. The van der Waals surface area contributed by atoms with Crippen LogP contribution in [0.3, 0.4) is 0 Å². The third-order valence-electron chi connectivity index (χ3n) is 10.4. The lowest BCUT2D eigenvalue weighted by Gasteiger charge is -2.62. The third kappa shape index (κ3) is 3.99. The molecule has 0 heterocycles. The fourth-order valence-corrected chi connectivity index (χ4v) is 9.32. The van der Waals surface area contributed by atoms with Gasteiger partial charge in [-0.3, -0.25) is 4.18 Å². The van der Waals surface area contributed by atoms with Crippen molar-refractivity contribution in [2.45, 2.75) is 97.5 Å². The second kappa shape index (κ2) is 8.31. The molecule has 0 bridgehead atoms. The van der Waals surface area contributed by atoms with Gasteiger partial charge in [0.1, 0.15) is 0 Å². The Morgan fingerprint density at radius 1 is 1.07 bits per heavy atom. The van der Waals surface area contributed by atoms with E-state index in [9.17, 15) is 18.1 Å². The Bertz CT molecular complexity index is 723. The molecule has 0 aliphatic heterocycles. The van der Waals surface area contributed by atoms with Crippen molar-refractivity contribution in [1.82, 2.24) is 0 Å². The molecule has 0 amide bonds.